The Balaban J connectivity index is 1.68. The lowest BCUT2D eigenvalue weighted by Gasteiger charge is -2.13. The number of thiocarbonyl (C=S) groups is 1. The molecule has 29 heavy (non-hydrogen) atoms. The number of halogens is 2. The minimum atomic E-state index is -0.479. The zero-order valence-electron chi connectivity index (χ0n) is 15.7. The molecule has 0 aliphatic carbocycles. The maximum absolute atomic E-state index is 11.9. The molecule has 0 radical (unpaired) electrons. The van der Waals surface area contributed by atoms with Crippen LogP contribution in [0.3, 0.4) is 0 Å². The van der Waals surface area contributed by atoms with E-state index in [1.54, 1.807) is 24.3 Å². The molecule has 0 atom stereocenters. The van der Waals surface area contributed by atoms with Gasteiger partial charge in [0.05, 0.1) is 0 Å². The van der Waals surface area contributed by atoms with Gasteiger partial charge in [0.25, 0.3) is 11.8 Å². The predicted octanol–water partition coefficient (Wildman–Crippen LogP) is 3.20. The third-order valence-electron chi connectivity index (χ3n) is 3.56. The monoisotopic (exact) mass is 499 g/mol. The average molecular weight is 501 g/mol. The maximum atomic E-state index is 11.9. The Bertz CT molecular complexity index is 926. The van der Waals surface area contributed by atoms with E-state index in [9.17, 15) is 9.59 Å². The quantitative estimate of drug-likeness (QED) is 0.417. The molecule has 0 aromatic heterocycles. The Morgan fingerprint density at radius 1 is 0.966 bits per heavy atom. The Kier molecular flexibility index (Phi) is 8.69. The number of ether oxygens (including phenoxy) is 2. The molecule has 0 bridgehead atoms. The molecule has 2 aromatic rings. The van der Waals surface area contributed by atoms with E-state index < -0.39 is 11.8 Å². The van der Waals surface area contributed by atoms with E-state index in [4.69, 9.17) is 33.3 Å². The summed E-state index contributed by atoms with van der Waals surface area (Å²) >= 11 is 14.2. The molecule has 0 aliphatic rings. The summed E-state index contributed by atoms with van der Waals surface area (Å²) in [5.41, 5.74) is 6.47. The Morgan fingerprint density at radius 2 is 1.55 bits per heavy atom. The van der Waals surface area contributed by atoms with Gasteiger partial charge in [0.2, 0.25) is 0 Å². The summed E-state index contributed by atoms with van der Waals surface area (Å²) in [6, 6.07) is 10.5. The van der Waals surface area contributed by atoms with Crippen molar-refractivity contribution in [1.82, 2.24) is 16.2 Å². The number of amides is 2. The van der Waals surface area contributed by atoms with Crippen LogP contribution in [0.5, 0.6) is 11.5 Å². The minimum Gasteiger partial charge on any atom is -0.483 e. The predicted molar refractivity (Wildman–Crippen MR) is 118 cm³/mol. The molecule has 154 valence electrons. The normalized spacial score (nSPS) is 10.1. The molecule has 0 saturated carbocycles. The smallest absolute Gasteiger partial charge is 0.276 e. The van der Waals surface area contributed by atoms with Crippen molar-refractivity contribution in [2.24, 2.45) is 0 Å². The second kappa shape index (κ2) is 11.0. The number of rotatable bonds is 6. The number of hydrazine groups is 1. The number of hydrogen-bond acceptors (Lipinski definition) is 5. The lowest BCUT2D eigenvalue weighted by molar-refractivity contribution is -0.124. The van der Waals surface area contributed by atoms with Crippen molar-refractivity contribution in [1.29, 1.82) is 0 Å². The lowest BCUT2D eigenvalue weighted by atomic mass is 10.2. The number of nitrogens with one attached hydrogen (secondary N) is 3. The van der Waals surface area contributed by atoms with Gasteiger partial charge in [-0.25, -0.2) is 0 Å². The summed E-state index contributed by atoms with van der Waals surface area (Å²) in [7, 11) is 0. The summed E-state index contributed by atoms with van der Waals surface area (Å²) in [5, 5.41) is 2.91. The molecular weight excluding hydrogens is 482 g/mol. The van der Waals surface area contributed by atoms with Crippen LogP contribution in [-0.4, -0.2) is 30.1 Å². The summed E-state index contributed by atoms with van der Waals surface area (Å²) < 4.78 is 11.8. The van der Waals surface area contributed by atoms with Gasteiger partial charge in [0.1, 0.15) is 11.5 Å². The first-order valence-electron chi connectivity index (χ1n) is 8.41. The summed E-state index contributed by atoms with van der Waals surface area (Å²) in [6.07, 6.45) is 0. The van der Waals surface area contributed by atoms with Gasteiger partial charge in [-0.3, -0.25) is 25.8 Å². The molecule has 3 N–H and O–H groups in total. The fourth-order valence-electron chi connectivity index (χ4n) is 2.19. The van der Waals surface area contributed by atoms with Crippen LogP contribution in [-0.2, 0) is 9.59 Å². The highest BCUT2D eigenvalue weighted by Crippen LogP contribution is 2.22. The zero-order valence-corrected chi connectivity index (χ0v) is 18.8. The summed E-state index contributed by atoms with van der Waals surface area (Å²) in [4.78, 5) is 23.7. The molecule has 2 rings (SSSR count). The van der Waals surface area contributed by atoms with Crippen molar-refractivity contribution in [3.63, 3.8) is 0 Å². The topological polar surface area (TPSA) is 88.7 Å². The van der Waals surface area contributed by atoms with Crippen LogP contribution < -0.4 is 25.6 Å². The molecule has 0 fully saturated rings. The van der Waals surface area contributed by atoms with Gasteiger partial charge in [-0.05, 0) is 73.6 Å². The fraction of sp³-hybridized carbons (Fsp3) is 0.211. The van der Waals surface area contributed by atoms with Crippen LogP contribution in [0, 0.1) is 13.8 Å². The highest BCUT2D eigenvalue weighted by Gasteiger charge is 2.09. The Hall–Kier alpha value is -2.36. The fourth-order valence-corrected chi connectivity index (χ4v) is 3.06. The van der Waals surface area contributed by atoms with Gasteiger partial charge in [-0.2, -0.15) is 0 Å². The number of hydrogen-bond donors (Lipinski definition) is 3. The molecule has 7 nitrogen and oxygen atoms in total. The van der Waals surface area contributed by atoms with Crippen LogP contribution in [0.25, 0.3) is 0 Å². The van der Waals surface area contributed by atoms with Gasteiger partial charge in [0.15, 0.2) is 18.3 Å². The first kappa shape index (κ1) is 22.9. The van der Waals surface area contributed by atoms with E-state index in [0.29, 0.717) is 16.5 Å². The van der Waals surface area contributed by atoms with Crippen molar-refractivity contribution in [2.45, 2.75) is 13.8 Å². The molecule has 2 amide bonds. The van der Waals surface area contributed by atoms with Crippen molar-refractivity contribution >= 4 is 56.7 Å². The van der Waals surface area contributed by atoms with E-state index in [1.807, 2.05) is 26.0 Å². The van der Waals surface area contributed by atoms with Crippen LogP contribution in [0.4, 0.5) is 0 Å². The van der Waals surface area contributed by atoms with E-state index in [2.05, 4.69) is 32.1 Å². The van der Waals surface area contributed by atoms with Gasteiger partial charge in [-0.1, -0.05) is 27.5 Å². The molecule has 0 heterocycles. The number of aryl methyl sites for hydroxylation is 2. The van der Waals surface area contributed by atoms with Gasteiger partial charge in [0, 0.05) is 9.50 Å². The third kappa shape index (κ3) is 7.88. The zero-order chi connectivity index (χ0) is 21.4. The van der Waals surface area contributed by atoms with Crippen LogP contribution in [0.1, 0.15) is 11.1 Å². The minimum absolute atomic E-state index is 0.0698. The van der Waals surface area contributed by atoms with E-state index in [-0.39, 0.29) is 18.3 Å². The van der Waals surface area contributed by atoms with Gasteiger partial charge < -0.3 is 9.47 Å². The number of carbonyl (C=O) groups excluding carboxylic acids is 2. The standard InChI is InChI=1S/C19H19BrClN3O4S/c1-11-7-13(20)3-5-15(11)28-10-18(26)23-24-19(29)22-17(25)9-27-16-6-4-14(21)8-12(16)2/h3-8H,9-10H2,1-2H3,(H,23,26)(H2,22,24,25,29). The van der Waals surface area contributed by atoms with Crippen molar-refractivity contribution in [3.8, 4) is 11.5 Å². The molecular formula is C19H19BrClN3O4S. The van der Waals surface area contributed by atoms with Gasteiger partial charge in [-0.15, -0.1) is 0 Å². The average Bonchev–Trinajstić information content (AvgIpc) is 2.65. The molecule has 2 aromatic carbocycles. The molecule has 0 aliphatic heterocycles. The first-order chi connectivity index (χ1) is 13.7. The van der Waals surface area contributed by atoms with Crippen molar-refractivity contribution in [3.05, 3.63) is 57.0 Å². The molecule has 10 heteroatoms. The number of carbonyl (C=O) groups is 2. The largest absolute Gasteiger partial charge is 0.483 e. The highest BCUT2D eigenvalue weighted by atomic mass is 79.9. The van der Waals surface area contributed by atoms with E-state index >= 15 is 0 Å². The highest BCUT2D eigenvalue weighted by molar-refractivity contribution is 9.10. The van der Waals surface area contributed by atoms with Crippen LogP contribution in [0.15, 0.2) is 40.9 Å². The SMILES string of the molecule is Cc1cc(Br)ccc1OCC(=O)NNC(=S)NC(=O)COc1ccc(Cl)cc1C. The van der Waals surface area contributed by atoms with Crippen molar-refractivity contribution < 1.29 is 19.1 Å². The second-order valence-corrected chi connectivity index (χ2v) is 7.71. The number of benzene rings is 2. The summed E-state index contributed by atoms with van der Waals surface area (Å²) in [6.45, 7) is 3.22. The molecule has 0 spiro atoms. The maximum Gasteiger partial charge on any atom is 0.276 e. The van der Waals surface area contributed by atoms with Gasteiger partial charge >= 0.3 is 0 Å². The first-order valence-corrected chi connectivity index (χ1v) is 9.99. The van der Waals surface area contributed by atoms with E-state index in [1.165, 1.54) is 0 Å². The van der Waals surface area contributed by atoms with Crippen molar-refractivity contribution in [2.75, 3.05) is 13.2 Å². The second-order valence-electron chi connectivity index (χ2n) is 5.95. The van der Waals surface area contributed by atoms with Crippen LogP contribution >= 0.6 is 39.7 Å². The Morgan fingerprint density at radius 3 is 2.17 bits per heavy atom. The molecule has 0 unspecified atom stereocenters. The summed E-state index contributed by atoms with van der Waals surface area (Å²) in [5.74, 6) is 0.191. The van der Waals surface area contributed by atoms with E-state index in [0.717, 1.165) is 15.6 Å². The van der Waals surface area contributed by atoms with Crippen LogP contribution in [0.2, 0.25) is 5.02 Å². The molecule has 0 saturated heterocycles. The third-order valence-corrected chi connectivity index (χ3v) is 4.49. The lowest BCUT2D eigenvalue weighted by Crippen LogP contribution is -2.50. The Labute approximate surface area is 187 Å².